The molecule has 0 atom stereocenters. The Morgan fingerprint density at radius 2 is 1.18 bits per heavy atom. The molecular formula is C69H68BBrCl2F2N16O4. The number of aromatic nitrogens is 14. The van der Waals surface area contributed by atoms with E-state index < -0.39 is 24.4 Å². The fourth-order valence-electron chi connectivity index (χ4n) is 10.3. The number of nitrogens with one attached hydrogen (secondary N) is 1. The highest BCUT2D eigenvalue weighted by Crippen LogP contribution is 2.39. The van der Waals surface area contributed by atoms with Gasteiger partial charge in [0.25, 0.3) is 0 Å². The van der Waals surface area contributed by atoms with Gasteiger partial charge in [-0.3, -0.25) is 29.3 Å². The monoisotopic (exact) mass is 1380 g/mol. The summed E-state index contributed by atoms with van der Waals surface area (Å²) < 4.78 is 55.2. The van der Waals surface area contributed by atoms with Crippen LogP contribution in [0.25, 0.3) is 78.0 Å². The minimum Gasteiger partial charge on any atom is -0.444 e. The van der Waals surface area contributed by atoms with E-state index in [9.17, 15) is 13.6 Å². The Bertz CT molecular complexity index is 4660. The maximum atomic E-state index is 15.0. The Morgan fingerprint density at radius 1 is 0.653 bits per heavy atom. The zero-order valence-electron chi connectivity index (χ0n) is 53.7. The maximum absolute atomic E-state index is 15.0. The molecule has 1 aliphatic heterocycles. The predicted molar refractivity (Wildman–Crippen MR) is 369 cm³/mol. The van der Waals surface area contributed by atoms with Gasteiger partial charge < -0.3 is 24.3 Å². The summed E-state index contributed by atoms with van der Waals surface area (Å²) in [4.78, 5) is 31.0. The number of hydrogen-bond acceptors (Lipinski definition) is 15. The van der Waals surface area contributed by atoms with Gasteiger partial charge in [0.05, 0.1) is 66.0 Å². The van der Waals surface area contributed by atoms with E-state index in [4.69, 9.17) is 37.2 Å². The number of benzene rings is 4. The van der Waals surface area contributed by atoms with Crippen molar-refractivity contribution in [1.82, 2.24) is 79.7 Å². The lowest BCUT2D eigenvalue weighted by molar-refractivity contribution is 0.00578. The van der Waals surface area contributed by atoms with Crippen LogP contribution in [0.15, 0.2) is 176 Å². The number of amides is 1. The Hall–Kier alpha value is -9.17. The van der Waals surface area contributed by atoms with E-state index in [0.717, 1.165) is 78.2 Å². The minimum atomic E-state index is -0.499. The number of carbonyl (C=O) groups is 1. The first-order valence-corrected chi connectivity index (χ1v) is 32.0. The fraction of sp³-hybridized carbons (Fsp3) is 0.261. The molecule has 13 rings (SSSR count). The first kappa shape index (κ1) is 67.3. The van der Waals surface area contributed by atoms with Crippen molar-refractivity contribution in [3.63, 3.8) is 0 Å². The Kier molecular flexibility index (Phi) is 20.4. The molecule has 0 bridgehead atoms. The highest BCUT2D eigenvalue weighted by Gasteiger charge is 2.52. The average molecular weight is 1390 g/mol. The standard InChI is InChI=1S/C29H24ClFN8.C23H14BrClFN5.C17H30BN3O4/c1-32-9-10-38-18-23(16-35-38)22-12-21-11-20(4-7-27(21)34-15-22)29-28(25-13-24(30)5-6-26(25)31)36-37-39(29)17-19-3-2-8-33-14-19;24-17-9-16-8-15(3-6-21(16)28-12-17)23-22(19-10-18(25)4-5-20(19)26)29-30-31(23)13-14-2-1-7-27-11-14;1-15(2,3)23-14(22)20(8)9-10-21-12-13(11-19-21)18-24-16(4,5)17(6,7)25-18/h2-8,11-16,18,32H,9-10,17H2,1H3;1-12H,13H2;11-12H,9-10H2,1-8H3. The fourth-order valence-corrected chi connectivity index (χ4v) is 11.0. The average Bonchev–Trinajstić information content (AvgIpc) is 1.70. The molecule has 1 N–H and O–H groups in total. The van der Waals surface area contributed by atoms with E-state index in [1.807, 2.05) is 152 Å². The summed E-state index contributed by atoms with van der Waals surface area (Å²) in [6.45, 7) is 17.2. The second kappa shape index (κ2) is 28.8. The zero-order chi connectivity index (χ0) is 67.2. The second-order valence-electron chi connectivity index (χ2n) is 24.7. The topological polar surface area (TPSA) is 209 Å². The van der Waals surface area contributed by atoms with Crippen LogP contribution in [-0.4, -0.2) is 132 Å². The number of hydrogen-bond donors (Lipinski definition) is 1. The zero-order valence-corrected chi connectivity index (χ0v) is 56.8. The van der Waals surface area contributed by atoms with E-state index >= 15 is 0 Å². The molecule has 0 radical (unpaired) electrons. The molecular weight excluding hydrogens is 1320 g/mol. The second-order valence-corrected chi connectivity index (χ2v) is 26.5. The molecule has 0 unspecified atom stereocenters. The third kappa shape index (κ3) is 16.2. The van der Waals surface area contributed by atoms with Gasteiger partial charge in [0.1, 0.15) is 28.6 Å². The molecule has 26 heteroatoms. The number of nitrogens with zero attached hydrogens (tertiary/aromatic N) is 15. The normalized spacial score (nSPS) is 13.3. The Balaban J connectivity index is 0.000000149. The summed E-state index contributed by atoms with van der Waals surface area (Å²) >= 11 is 15.9. The quantitative estimate of drug-likeness (QED) is 0.0892. The number of rotatable bonds is 16. The van der Waals surface area contributed by atoms with Gasteiger partial charge in [0.15, 0.2) is 0 Å². The first-order chi connectivity index (χ1) is 45.5. The van der Waals surface area contributed by atoms with Crippen LogP contribution < -0.4 is 10.8 Å². The maximum Gasteiger partial charge on any atom is 0.498 e. The van der Waals surface area contributed by atoms with Crippen LogP contribution in [0.1, 0.15) is 59.6 Å². The summed E-state index contributed by atoms with van der Waals surface area (Å²) in [5.74, 6) is -0.835. The van der Waals surface area contributed by atoms with Crippen molar-refractivity contribution in [2.75, 3.05) is 27.2 Å². The van der Waals surface area contributed by atoms with E-state index in [1.165, 1.54) is 24.3 Å². The van der Waals surface area contributed by atoms with Crippen molar-refractivity contribution in [1.29, 1.82) is 0 Å². The third-order valence-electron chi connectivity index (χ3n) is 15.9. The molecule has 95 heavy (non-hydrogen) atoms. The number of halogens is 5. The van der Waals surface area contributed by atoms with Crippen molar-refractivity contribution in [3.8, 4) is 56.2 Å². The molecule has 12 aromatic rings. The number of ether oxygens (including phenoxy) is 1. The van der Waals surface area contributed by atoms with Gasteiger partial charge in [-0.25, -0.2) is 22.9 Å². The SMILES string of the molecule is CN(CCn1cc(B2OC(C)(C)C(C)(C)O2)cn1)C(=O)OC(C)(C)C.CNCCn1cc(-c2cnc3ccc(-c4c(-c5cc(Cl)ccc5F)nnn4Cc4cccnc4)cc3c2)cn1.Fc1ccc(Cl)cc1-c1nnn(Cc2cccnc2)c1-c1ccc2ncc(Br)cc2c1. The highest BCUT2D eigenvalue weighted by molar-refractivity contribution is 9.10. The third-order valence-corrected chi connectivity index (χ3v) is 16.8. The summed E-state index contributed by atoms with van der Waals surface area (Å²) in [6, 6.07) is 32.4. The van der Waals surface area contributed by atoms with Gasteiger partial charge in [0.2, 0.25) is 0 Å². The smallest absolute Gasteiger partial charge is 0.444 e. The lowest BCUT2D eigenvalue weighted by Crippen LogP contribution is -2.41. The summed E-state index contributed by atoms with van der Waals surface area (Å²) in [5.41, 5.74) is 9.60. The van der Waals surface area contributed by atoms with Crippen molar-refractivity contribution in [2.24, 2.45) is 0 Å². The Labute approximate surface area is 566 Å². The number of pyridine rings is 4. The molecule has 1 amide bonds. The lowest BCUT2D eigenvalue weighted by Gasteiger charge is -2.32. The number of fused-ring (bicyclic) bond motifs is 2. The molecule has 4 aromatic carbocycles. The molecule has 1 fully saturated rings. The summed E-state index contributed by atoms with van der Waals surface area (Å²) in [6.07, 6.45) is 17.7. The molecule has 0 aliphatic carbocycles. The van der Waals surface area contributed by atoms with E-state index in [2.05, 4.69) is 78.1 Å². The molecule has 0 saturated carbocycles. The van der Waals surface area contributed by atoms with Crippen LogP contribution in [-0.2, 0) is 40.2 Å². The van der Waals surface area contributed by atoms with Crippen molar-refractivity contribution >= 4 is 79.6 Å². The summed E-state index contributed by atoms with van der Waals surface area (Å²) in [7, 11) is 3.20. The molecule has 486 valence electrons. The molecule has 0 spiro atoms. The van der Waals surface area contributed by atoms with E-state index in [-0.39, 0.29) is 22.9 Å². The van der Waals surface area contributed by atoms with Crippen LogP contribution >= 0.6 is 39.1 Å². The van der Waals surface area contributed by atoms with Crippen LogP contribution in [0.3, 0.4) is 0 Å². The molecule has 1 saturated heterocycles. The van der Waals surface area contributed by atoms with Crippen LogP contribution in [0.5, 0.6) is 0 Å². The van der Waals surface area contributed by atoms with Crippen molar-refractivity contribution < 1.29 is 27.6 Å². The van der Waals surface area contributed by atoms with Crippen LogP contribution in [0.2, 0.25) is 10.0 Å². The van der Waals surface area contributed by atoms with Gasteiger partial charge >= 0.3 is 13.2 Å². The van der Waals surface area contributed by atoms with E-state index in [1.54, 1.807) is 75.3 Å². The van der Waals surface area contributed by atoms with Gasteiger partial charge in [-0.05, 0) is 167 Å². The van der Waals surface area contributed by atoms with Crippen LogP contribution in [0, 0.1) is 11.6 Å². The van der Waals surface area contributed by atoms with Gasteiger partial charge in [-0.15, -0.1) is 10.2 Å². The molecule has 9 heterocycles. The van der Waals surface area contributed by atoms with Gasteiger partial charge in [-0.2, -0.15) is 10.2 Å². The largest absolute Gasteiger partial charge is 0.498 e. The lowest BCUT2D eigenvalue weighted by atomic mass is 9.82. The van der Waals surface area contributed by atoms with Crippen molar-refractivity contribution in [3.05, 3.63) is 208 Å². The van der Waals surface area contributed by atoms with E-state index in [0.29, 0.717) is 64.6 Å². The van der Waals surface area contributed by atoms with Crippen LogP contribution in [0.4, 0.5) is 13.6 Å². The molecule has 20 nitrogen and oxygen atoms in total. The Morgan fingerprint density at radius 3 is 1.72 bits per heavy atom. The number of likely N-dealkylation sites (N-methyl/N-ethyl adjacent to an activating group) is 2. The predicted octanol–water partition coefficient (Wildman–Crippen LogP) is 13.7. The first-order valence-electron chi connectivity index (χ1n) is 30.5. The molecule has 1 aliphatic rings. The van der Waals surface area contributed by atoms with Gasteiger partial charge in [0, 0.05) is 140 Å². The summed E-state index contributed by atoms with van der Waals surface area (Å²) in [5, 5.41) is 32.1. The highest BCUT2D eigenvalue weighted by atomic mass is 79.9. The number of carbonyl (C=O) groups excluding carboxylic acids is 1. The molecule has 8 aromatic heterocycles. The minimum absolute atomic E-state index is 0.288. The van der Waals surface area contributed by atoms with Gasteiger partial charge in [-0.1, -0.05) is 57.9 Å². The van der Waals surface area contributed by atoms with Crippen molar-refractivity contribution in [2.45, 2.75) is 91.4 Å².